The van der Waals surface area contributed by atoms with E-state index in [0.717, 1.165) is 11.3 Å². The van der Waals surface area contributed by atoms with Crippen LogP contribution in [-0.2, 0) is 0 Å². The van der Waals surface area contributed by atoms with Crippen LogP contribution in [0.15, 0.2) is 59.1 Å². The summed E-state index contributed by atoms with van der Waals surface area (Å²) < 4.78 is 0. The Bertz CT molecular complexity index is 1100. The van der Waals surface area contributed by atoms with Gasteiger partial charge in [0.25, 0.3) is 5.56 Å². The highest BCUT2D eigenvalue weighted by Crippen LogP contribution is 2.31. The predicted octanol–water partition coefficient (Wildman–Crippen LogP) is 3.00. The molecule has 0 spiro atoms. The van der Waals surface area contributed by atoms with Crippen LogP contribution in [-0.4, -0.2) is 27.5 Å². The van der Waals surface area contributed by atoms with E-state index in [1.165, 1.54) is 0 Å². The second kappa shape index (κ2) is 5.59. The second-order valence-electron chi connectivity index (χ2n) is 5.97. The van der Waals surface area contributed by atoms with Gasteiger partial charge < -0.3 is 15.0 Å². The Morgan fingerprint density at radius 1 is 1.16 bits per heavy atom. The summed E-state index contributed by atoms with van der Waals surface area (Å²) in [6, 6.07) is 14.7. The van der Waals surface area contributed by atoms with Gasteiger partial charge >= 0.3 is 0 Å². The number of aromatic nitrogens is 2. The monoisotopic (exact) mass is 332 g/mol. The van der Waals surface area contributed by atoms with Gasteiger partial charge in [-0.3, -0.25) is 10.2 Å². The van der Waals surface area contributed by atoms with Gasteiger partial charge in [-0.15, -0.1) is 0 Å². The van der Waals surface area contributed by atoms with Crippen molar-refractivity contribution in [2.75, 3.05) is 11.4 Å². The molecular formula is C19H16N4O2. The molecule has 1 aromatic heterocycles. The summed E-state index contributed by atoms with van der Waals surface area (Å²) in [6.45, 7) is 2.13. The molecule has 0 aliphatic carbocycles. The lowest BCUT2D eigenvalue weighted by molar-refractivity contribution is 0.411. The molecule has 3 aromatic rings. The molecule has 0 amide bonds. The van der Waals surface area contributed by atoms with Gasteiger partial charge in [0, 0.05) is 5.69 Å². The number of hydrogen-bond acceptors (Lipinski definition) is 4. The van der Waals surface area contributed by atoms with Crippen LogP contribution in [0.2, 0.25) is 0 Å². The van der Waals surface area contributed by atoms with Crippen LogP contribution < -0.4 is 10.5 Å². The van der Waals surface area contributed by atoms with Gasteiger partial charge in [-0.05, 0) is 30.7 Å². The van der Waals surface area contributed by atoms with Crippen LogP contribution in [0.1, 0.15) is 11.4 Å². The Hall–Kier alpha value is -3.41. The predicted molar refractivity (Wildman–Crippen MR) is 98.2 cm³/mol. The van der Waals surface area contributed by atoms with Crippen molar-refractivity contribution in [1.82, 2.24) is 9.97 Å². The number of hydrogen-bond donors (Lipinski definition) is 3. The van der Waals surface area contributed by atoms with E-state index in [-0.39, 0.29) is 35.1 Å². The molecule has 0 atom stereocenters. The maximum Gasteiger partial charge on any atom is 0.259 e. The summed E-state index contributed by atoms with van der Waals surface area (Å²) in [5, 5.41) is 19.4. The van der Waals surface area contributed by atoms with Crippen molar-refractivity contribution in [3.05, 3.63) is 76.0 Å². The maximum absolute atomic E-state index is 12.3. The summed E-state index contributed by atoms with van der Waals surface area (Å²) in [7, 11) is 0. The molecule has 2 heterocycles. The third kappa shape index (κ3) is 2.39. The summed E-state index contributed by atoms with van der Waals surface area (Å²) in [5.41, 5.74) is 2.34. The summed E-state index contributed by atoms with van der Waals surface area (Å²) in [4.78, 5) is 21.1. The SMILES string of the molecule is Cc1ccccc1N1CC(O)=C(c2nc3ccccc3c(=O)[nH]2)C1=N. The van der Waals surface area contributed by atoms with Crippen molar-refractivity contribution in [2.45, 2.75) is 6.92 Å². The molecule has 124 valence electrons. The van der Waals surface area contributed by atoms with Crippen molar-refractivity contribution in [3.8, 4) is 0 Å². The topological polar surface area (TPSA) is 93.1 Å². The fourth-order valence-electron chi connectivity index (χ4n) is 3.11. The highest BCUT2D eigenvalue weighted by molar-refractivity contribution is 6.30. The number of nitrogens with one attached hydrogen (secondary N) is 2. The van der Waals surface area contributed by atoms with E-state index in [9.17, 15) is 9.90 Å². The molecule has 3 N–H and O–H groups in total. The number of fused-ring (bicyclic) bond motifs is 1. The van der Waals surface area contributed by atoms with E-state index in [4.69, 9.17) is 5.41 Å². The summed E-state index contributed by atoms with van der Waals surface area (Å²) in [5.74, 6) is 0.346. The molecule has 0 unspecified atom stereocenters. The summed E-state index contributed by atoms with van der Waals surface area (Å²) >= 11 is 0. The number of rotatable bonds is 2. The zero-order chi connectivity index (χ0) is 17.6. The number of para-hydroxylation sites is 2. The van der Waals surface area contributed by atoms with Crippen molar-refractivity contribution in [2.24, 2.45) is 0 Å². The van der Waals surface area contributed by atoms with Crippen LogP contribution in [0, 0.1) is 12.3 Å². The van der Waals surface area contributed by atoms with Crippen LogP contribution in [0.4, 0.5) is 5.69 Å². The average Bonchev–Trinajstić information content (AvgIpc) is 2.89. The number of aryl methyl sites for hydroxylation is 1. The number of anilines is 1. The Kier molecular flexibility index (Phi) is 3.39. The van der Waals surface area contributed by atoms with Gasteiger partial charge in [-0.25, -0.2) is 4.98 Å². The van der Waals surface area contributed by atoms with Crippen molar-refractivity contribution < 1.29 is 5.11 Å². The van der Waals surface area contributed by atoms with Gasteiger partial charge in [0.15, 0.2) is 0 Å². The number of H-pyrrole nitrogens is 1. The highest BCUT2D eigenvalue weighted by atomic mass is 16.3. The quantitative estimate of drug-likeness (QED) is 0.672. The van der Waals surface area contributed by atoms with Crippen molar-refractivity contribution >= 4 is 28.0 Å². The number of benzene rings is 2. The first-order valence-electron chi connectivity index (χ1n) is 7.90. The van der Waals surface area contributed by atoms with Gasteiger partial charge in [0.1, 0.15) is 17.4 Å². The number of nitrogens with zero attached hydrogens (tertiary/aromatic N) is 2. The molecule has 25 heavy (non-hydrogen) atoms. The lowest BCUT2D eigenvalue weighted by Gasteiger charge is -2.20. The third-order valence-electron chi connectivity index (χ3n) is 4.36. The maximum atomic E-state index is 12.3. The molecule has 0 saturated heterocycles. The minimum atomic E-state index is -0.289. The molecule has 0 radical (unpaired) electrons. The van der Waals surface area contributed by atoms with E-state index in [1.807, 2.05) is 31.2 Å². The third-order valence-corrected chi connectivity index (χ3v) is 4.36. The zero-order valence-electron chi connectivity index (χ0n) is 13.6. The van der Waals surface area contributed by atoms with Crippen molar-refractivity contribution in [3.63, 3.8) is 0 Å². The van der Waals surface area contributed by atoms with Gasteiger partial charge in [0.2, 0.25) is 0 Å². The fourth-order valence-corrected chi connectivity index (χ4v) is 3.11. The van der Waals surface area contributed by atoms with Gasteiger partial charge in [-0.1, -0.05) is 30.3 Å². The molecule has 6 heteroatoms. The molecule has 6 nitrogen and oxygen atoms in total. The lowest BCUT2D eigenvalue weighted by Crippen LogP contribution is -2.27. The molecule has 4 rings (SSSR count). The zero-order valence-corrected chi connectivity index (χ0v) is 13.6. The molecule has 0 fully saturated rings. The Balaban J connectivity index is 1.81. The van der Waals surface area contributed by atoms with E-state index < -0.39 is 0 Å². The average molecular weight is 332 g/mol. The Labute approximate surface area is 143 Å². The number of aromatic amines is 1. The molecule has 1 aliphatic heterocycles. The standard InChI is InChI=1S/C19H16N4O2/c1-11-6-2-5-9-14(11)23-10-15(24)16(17(23)20)18-21-13-8-4-3-7-12(13)19(25)22-18/h2-9,20,24H,10H2,1H3,(H,21,22,25). The molecule has 0 saturated carbocycles. The Morgan fingerprint density at radius 2 is 1.88 bits per heavy atom. The van der Waals surface area contributed by atoms with E-state index in [2.05, 4.69) is 9.97 Å². The van der Waals surface area contributed by atoms with Crippen LogP contribution >= 0.6 is 0 Å². The second-order valence-corrected chi connectivity index (χ2v) is 5.97. The normalized spacial score (nSPS) is 14.6. The first-order chi connectivity index (χ1) is 12.1. The van der Waals surface area contributed by atoms with Gasteiger partial charge in [0.05, 0.1) is 23.0 Å². The number of amidine groups is 1. The number of aliphatic hydroxyl groups is 1. The van der Waals surface area contributed by atoms with Crippen LogP contribution in [0.5, 0.6) is 0 Å². The first kappa shape index (κ1) is 15.1. The summed E-state index contributed by atoms with van der Waals surface area (Å²) in [6.07, 6.45) is 0. The fraction of sp³-hybridized carbons (Fsp3) is 0.105. The molecule has 2 aromatic carbocycles. The van der Waals surface area contributed by atoms with Crippen LogP contribution in [0.3, 0.4) is 0 Å². The van der Waals surface area contributed by atoms with Gasteiger partial charge in [-0.2, -0.15) is 0 Å². The lowest BCUT2D eigenvalue weighted by atomic mass is 10.1. The largest absolute Gasteiger partial charge is 0.509 e. The van der Waals surface area contributed by atoms with E-state index >= 15 is 0 Å². The molecule has 0 bridgehead atoms. The Morgan fingerprint density at radius 3 is 2.68 bits per heavy atom. The van der Waals surface area contributed by atoms with E-state index in [0.29, 0.717) is 10.9 Å². The molecule has 1 aliphatic rings. The highest BCUT2D eigenvalue weighted by Gasteiger charge is 2.31. The van der Waals surface area contributed by atoms with Crippen molar-refractivity contribution in [1.29, 1.82) is 5.41 Å². The smallest absolute Gasteiger partial charge is 0.259 e. The number of aliphatic hydroxyl groups excluding tert-OH is 1. The van der Waals surface area contributed by atoms with E-state index in [1.54, 1.807) is 29.2 Å². The first-order valence-corrected chi connectivity index (χ1v) is 7.90. The minimum Gasteiger partial charge on any atom is -0.509 e. The van der Waals surface area contributed by atoms with Crippen LogP contribution in [0.25, 0.3) is 16.5 Å². The minimum absolute atomic E-state index is 0.0201. The molecular weight excluding hydrogens is 316 g/mol.